The van der Waals surface area contributed by atoms with Gasteiger partial charge in [-0.25, -0.2) is 13.6 Å². The number of halogens is 2. The van der Waals surface area contributed by atoms with E-state index < -0.39 is 23.3 Å². The number of hydrogen-bond acceptors (Lipinski definition) is 5. The summed E-state index contributed by atoms with van der Waals surface area (Å²) in [5.74, 6) is -3.18. The van der Waals surface area contributed by atoms with Crippen LogP contribution in [0.15, 0.2) is 28.5 Å². The summed E-state index contributed by atoms with van der Waals surface area (Å²) in [6.45, 7) is 0. The Morgan fingerprint density at radius 2 is 2.12 bits per heavy atom. The van der Waals surface area contributed by atoms with Crippen molar-refractivity contribution in [2.45, 2.75) is 0 Å². The minimum absolute atomic E-state index is 0.212. The van der Waals surface area contributed by atoms with E-state index in [9.17, 15) is 13.6 Å². The summed E-state index contributed by atoms with van der Waals surface area (Å²) in [6.07, 6.45) is 0.552. The summed E-state index contributed by atoms with van der Waals surface area (Å²) in [7, 11) is 0. The fourth-order valence-corrected chi connectivity index (χ4v) is 0.887. The van der Waals surface area contributed by atoms with E-state index in [1.54, 1.807) is 0 Å². The summed E-state index contributed by atoms with van der Waals surface area (Å²) >= 11 is 0. The van der Waals surface area contributed by atoms with E-state index in [1.165, 1.54) is 0 Å². The number of carboxylic acids is 1. The van der Waals surface area contributed by atoms with Gasteiger partial charge in [-0.2, -0.15) is 5.10 Å². The highest BCUT2D eigenvalue weighted by atomic mass is 19.1. The molecule has 0 spiro atoms. The minimum Gasteiger partial charge on any atom is -0.476 e. The molecule has 0 saturated carbocycles. The van der Waals surface area contributed by atoms with Crippen LogP contribution in [0.1, 0.15) is 0 Å². The van der Waals surface area contributed by atoms with E-state index in [4.69, 9.17) is 10.3 Å². The van der Waals surface area contributed by atoms with Crippen molar-refractivity contribution in [1.82, 2.24) is 0 Å². The van der Waals surface area contributed by atoms with Crippen LogP contribution in [0.4, 0.5) is 14.5 Å². The van der Waals surface area contributed by atoms with Gasteiger partial charge in [-0.1, -0.05) is 5.16 Å². The summed E-state index contributed by atoms with van der Waals surface area (Å²) in [5.41, 5.74) is 1.22. The van der Waals surface area contributed by atoms with Crippen molar-refractivity contribution in [3.8, 4) is 0 Å². The number of oxime groups is 1. The Morgan fingerprint density at radius 3 is 2.65 bits per heavy atom. The molecule has 0 aliphatic carbocycles. The molecule has 0 atom stereocenters. The van der Waals surface area contributed by atoms with E-state index in [0.29, 0.717) is 12.3 Å². The molecule has 0 aromatic heterocycles. The summed E-state index contributed by atoms with van der Waals surface area (Å²) in [5, 5.41) is 22.5. The second-order valence-corrected chi connectivity index (χ2v) is 2.78. The molecule has 3 N–H and O–H groups in total. The van der Waals surface area contributed by atoms with E-state index in [1.807, 2.05) is 0 Å². The third-order valence-corrected chi connectivity index (χ3v) is 1.63. The van der Waals surface area contributed by atoms with E-state index in [-0.39, 0.29) is 5.69 Å². The minimum atomic E-state index is -1.47. The topological polar surface area (TPSA) is 94.3 Å². The second kappa shape index (κ2) is 5.54. The van der Waals surface area contributed by atoms with Crippen molar-refractivity contribution < 1.29 is 23.9 Å². The molecule has 0 aliphatic rings. The first-order valence-corrected chi connectivity index (χ1v) is 4.24. The van der Waals surface area contributed by atoms with Crippen LogP contribution in [0.3, 0.4) is 0 Å². The van der Waals surface area contributed by atoms with Crippen molar-refractivity contribution in [1.29, 1.82) is 0 Å². The first-order chi connectivity index (χ1) is 8.04. The lowest BCUT2D eigenvalue weighted by atomic mass is 10.3. The van der Waals surface area contributed by atoms with Gasteiger partial charge in [0.1, 0.15) is 12.0 Å². The molecule has 6 nitrogen and oxygen atoms in total. The number of nitrogens with zero attached hydrogens (tertiary/aromatic N) is 2. The molecule has 0 aliphatic heterocycles. The summed E-state index contributed by atoms with van der Waals surface area (Å²) < 4.78 is 25.6. The van der Waals surface area contributed by atoms with E-state index >= 15 is 0 Å². The van der Waals surface area contributed by atoms with Crippen LogP contribution in [0.2, 0.25) is 0 Å². The molecule has 90 valence electrons. The van der Waals surface area contributed by atoms with Gasteiger partial charge >= 0.3 is 5.97 Å². The average Bonchev–Trinajstić information content (AvgIpc) is 2.25. The van der Waals surface area contributed by atoms with Gasteiger partial charge in [0.25, 0.3) is 0 Å². The molecule has 1 aromatic rings. The smallest absolute Gasteiger partial charge is 0.358 e. The second-order valence-electron chi connectivity index (χ2n) is 2.78. The van der Waals surface area contributed by atoms with Gasteiger partial charge in [-0.3, -0.25) is 5.43 Å². The lowest BCUT2D eigenvalue weighted by Gasteiger charge is -2.02. The molecule has 1 aromatic carbocycles. The Hall–Kier alpha value is -2.51. The Bertz CT molecular complexity index is 488. The zero-order chi connectivity index (χ0) is 12.8. The number of hydrogen-bond donors (Lipinski definition) is 3. The van der Waals surface area contributed by atoms with Crippen LogP contribution in [0.25, 0.3) is 0 Å². The van der Waals surface area contributed by atoms with Gasteiger partial charge < -0.3 is 10.3 Å². The maximum atomic E-state index is 13.1. The average molecular weight is 243 g/mol. The monoisotopic (exact) mass is 243 g/mol. The fraction of sp³-hybridized carbons (Fsp3) is 0. The molecule has 0 saturated heterocycles. The van der Waals surface area contributed by atoms with E-state index in [2.05, 4.69) is 15.7 Å². The summed E-state index contributed by atoms with van der Waals surface area (Å²) in [4.78, 5) is 10.5. The zero-order valence-electron chi connectivity index (χ0n) is 8.26. The number of benzene rings is 1. The van der Waals surface area contributed by atoms with Crippen LogP contribution >= 0.6 is 0 Å². The van der Waals surface area contributed by atoms with Gasteiger partial charge in [-0.15, -0.1) is 0 Å². The number of hydrazone groups is 1. The number of anilines is 1. The van der Waals surface area contributed by atoms with Crippen LogP contribution < -0.4 is 5.43 Å². The molecule has 8 heteroatoms. The highest BCUT2D eigenvalue weighted by molar-refractivity contribution is 6.58. The zero-order valence-corrected chi connectivity index (χ0v) is 8.26. The Kier molecular flexibility index (Phi) is 4.09. The Balaban J connectivity index is 2.90. The lowest BCUT2D eigenvalue weighted by Crippen LogP contribution is -2.16. The largest absolute Gasteiger partial charge is 0.476 e. The van der Waals surface area contributed by atoms with E-state index in [0.717, 1.165) is 12.1 Å². The van der Waals surface area contributed by atoms with Gasteiger partial charge in [0, 0.05) is 6.07 Å². The molecule has 0 radical (unpaired) electrons. The van der Waals surface area contributed by atoms with Crippen LogP contribution in [0, 0.1) is 11.6 Å². The van der Waals surface area contributed by atoms with Crippen LogP contribution in [0.5, 0.6) is 0 Å². The molecule has 0 fully saturated rings. The molecule has 0 heterocycles. The molecule has 17 heavy (non-hydrogen) atoms. The van der Waals surface area contributed by atoms with Gasteiger partial charge in [0.05, 0.1) is 5.69 Å². The van der Waals surface area contributed by atoms with Gasteiger partial charge in [0.2, 0.25) is 0 Å². The predicted octanol–water partition coefficient (Wildman–Crippen LogP) is 1.28. The van der Waals surface area contributed by atoms with Crippen molar-refractivity contribution in [3.05, 3.63) is 29.8 Å². The number of carboxylic acid groups (broad SMARTS) is 1. The number of rotatable bonds is 4. The maximum absolute atomic E-state index is 13.1. The number of carbonyl (C=O) groups is 1. The SMILES string of the molecule is O=C(O)C(/C=N/O)=N/Nc1ccc(F)cc1F. The Morgan fingerprint density at radius 1 is 1.41 bits per heavy atom. The lowest BCUT2D eigenvalue weighted by molar-refractivity contribution is -0.129. The molecule has 1 rings (SSSR count). The first kappa shape index (κ1) is 12.6. The van der Waals surface area contributed by atoms with Crippen LogP contribution in [-0.4, -0.2) is 28.2 Å². The van der Waals surface area contributed by atoms with Crippen molar-refractivity contribution >= 4 is 23.6 Å². The number of aliphatic carboxylic acids is 1. The third kappa shape index (κ3) is 3.52. The van der Waals surface area contributed by atoms with Crippen molar-refractivity contribution in [3.63, 3.8) is 0 Å². The normalized spacial score (nSPS) is 11.8. The molecule has 0 amide bonds. The summed E-state index contributed by atoms with van der Waals surface area (Å²) in [6, 6.07) is 2.63. The first-order valence-electron chi connectivity index (χ1n) is 4.24. The third-order valence-electron chi connectivity index (χ3n) is 1.63. The van der Waals surface area contributed by atoms with Gasteiger partial charge in [0.15, 0.2) is 11.5 Å². The quantitative estimate of drug-likeness (QED) is 0.421. The molecular weight excluding hydrogens is 236 g/mol. The van der Waals surface area contributed by atoms with Crippen molar-refractivity contribution in [2.75, 3.05) is 5.43 Å². The standard InChI is InChI=1S/C9H7F2N3O3/c10-5-1-2-7(6(11)3-5)13-14-8(4-12-17)9(15)16/h1-4,13,17H,(H,15,16)/b12-4+,14-8+. The Labute approximate surface area is 93.9 Å². The molecular formula is C9H7F2N3O3. The predicted molar refractivity (Wildman–Crippen MR) is 55.3 cm³/mol. The fourth-order valence-electron chi connectivity index (χ4n) is 0.887. The van der Waals surface area contributed by atoms with Crippen LogP contribution in [-0.2, 0) is 4.79 Å². The molecule has 0 bridgehead atoms. The maximum Gasteiger partial charge on any atom is 0.358 e. The molecule has 0 unspecified atom stereocenters. The highest BCUT2D eigenvalue weighted by Crippen LogP contribution is 2.14. The van der Waals surface area contributed by atoms with Crippen molar-refractivity contribution in [2.24, 2.45) is 10.3 Å². The number of nitrogens with one attached hydrogen (secondary N) is 1. The highest BCUT2D eigenvalue weighted by Gasteiger charge is 2.08. The van der Waals surface area contributed by atoms with Gasteiger partial charge in [-0.05, 0) is 12.1 Å².